The highest BCUT2D eigenvalue weighted by Gasteiger charge is 2.21. The Hall–Kier alpha value is -3.02. The first-order valence-electron chi connectivity index (χ1n) is 8.95. The molecular formula is C21H23NO5. The second-order valence-corrected chi connectivity index (χ2v) is 6.87. The molecule has 0 fully saturated rings. The fraction of sp³-hybridized carbons (Fsp3) is 0.333. The molecule has 1 heterocycles. The molecule has 2 aromatic carbocycles. The maximum absolute atomic E-state index is 12.6. The van der Waals surface area contributed by atoms with Crippen molar-refractivity contribution in [2.75, 3.05) is 13.2 Å². The summed E-state index contributed by atoms with van der Waals surface area (Å²) in [6.45, 7) is 5.11. The van der Waals surface area contributed by atoms with Gasteiger partial charge in [-0.05, 0) is 41.3 Å². The summed E-state index contributed by atoms with van der Waals surface area (Å²) in [5.74, 6) is 0.402. The number of fused-ring (bicyclic) bond motifs is 1. The van der Waals surface area contributed by atoms with E-state index < -0.39 is 5.97 Å². The van der Waals surface area contributed by atoms with Crippen LogP contribution in [0.15, 0.2) is 42.5 Å². The quantitative estimate of drug-likeness (QED) is 0.817. The van der Waals surface area contributed by atoms with Gasteiger partial charge < -0.3 is 19.9 Å². The summed E-state index contributed by atoms with van der Waals surface area (Å²) in [5, 5.41) is 12.1. The zero-order chi connectivity index (χ0) is 19.4. The number of carboxylic acids is 1. The van der Waals surface area contributed by atoms with Gasteiger partial charge in [-0.2, -0.15) is 0 Å². The molecule has 0 saturated carbocycles. The minimum absolute atomic E-state index is 0.120. The first-order chi connectivity index (χ1) is 12.9. The molecule has 2 aromatic rings. The molecule has 1 aliphatic heterocycles. The predicted molar refractivity (Wildman–Crippen MR) is 100 cm³/mol. The number of amides is 1. The van der Waals surface area contributed by atoms with E-state index in [1.54, 1.807) is 12.1 Å². The molecule has 6 nitrogen and oxygen atoms in total. The van der Waals surface area contributed by atoms with Crippen LogP contribution in [0, 0.1) is 5.92 Å². The molecule has 0 bridgehead atoms. The van der Waals surface area contributed by atoms with E-state index in [9.17, 15) is 9.59 Å². The highest BCUT2D eigenvalue weighted by atomic mass is 16.6. The summed E-state index contributed by atoms with van der Waals surface area (Å²) in [6, 6.07) is 11.9. The van der Waals surface area contributed by atoms with Gasteiger partial charge in [-0.25, -0.2) is 4.79 Å². The Morgan fingerprint density at radius 3 is 2.52 bits per heavy atom. The molecule has 0 saturated heterocycles. The number of hydrogen-bond acceptors (Lipinski definition) is 4. The SMILES string of the molecule is CC(C)C(NC(=O)Cc1cccc(C(=O)O)c1)c1ccc2c(c1)OCCO2. The van der Waals surface area contributed by atoms with Crippen molar-refractivity contribution in [3.63, 3.8) is 0 Å². The van der Waals surface area contributed by atoms with Crippen LogP contribution in [0.2, 0.25) is 0 Å². The summed E-state index contributed by atoms with van der Waals surface area (Å²) < 4.78 is 11.2. The standard InChI is InChI=1S/C21H23NO5/c1-13(2)20(15-6-7-17-18(12-15)27-9-8-26-17)22-19(23)11-14-4-3-5-16(10-14)21(24)25/h3-7,10,12-13,20H,8-9,11H2,1-2H3,(H,22,23)(H,24,25). The van der Waals surface area contributed by atoms with Gasteiger partial charge in [0.05, 0.1) is 18.0 Å². The van der Waals surface area contributed by atoms with Crippen molar-refractivity contribution in [3.8, 4) is 11.5 Å². The number of aromatic carboxylic acids is 1. The van der Waals surface area contributed by atoms with Crippen molar-refractivity contribution < 1.29 is 24.2 Å². The topological polar surface area (TPSA) is 84.9 Å². The van der Waals surface area contributed by atoms with Crippen LogP contribution in [0.5, 0.6) is 11.5 Å². The largest absolute Gasteiger partial charge is 0.486 e. The van der Waals surface area contributed by atoms with Gasteiger partial charge in [0.1, 0.15) is 13.2 Å². The molecule has 3 rings (SSSR count). The number of carbonyl (C=O) groups excluding carboxylic acids is 1. The number of hydrogen-bond donors (Lipinski definition) is 2. The van der Waals surface area contributed by atoms with E-state index in [4.69, 9.17) is 14.6 Å². The Morgan fingerprint density at radius 2 is 1.81 bits per heavy atom. The van der Waals surface area contributed by atoms with Gasteiger partial charge in [0.2, 0.25) is 5.91 Å². The predicted octanol–water partition coefficient (Wildman–Crippen LogP) is 3.21. The van der Waals surface area contributed by atoms with E-state index >= 15 is 0 Å². The fourth-order valence-corrected chi connectivity index (χ4v) is 3.11. The number of carbonyl (C=O) groups is 2. The van der Waals surface area contributed by atoms with Gasteiger partial charge in [0.15, 0.2) is 11.5 Å². The van der Waals surface area contributed by atoms with Crippen LogP contribution in [0.25, 0.3) is 0 Å². The van der Waals surface area contributed by atoms with Crippen molar-refractivity contribution >= 4 is 11.9 Å². The van der Waals surface area contributed by atoms with Gasteiger partial charge in [0, 0.05) is 0 Å². The minimum Gasteiger partial charge on any atom is -0.486 e. The molecule has 6 heteroatoms. The molecular weight excluding hydrogens is 346 g/mol. The number of benzene rings is 2. The molecule has 0 radical (unpaired) electrons. The smallest absolute Gasteiger partial charge is 0.335 e. The maximum atomic E-state index is 12.6. The van der Waals surface area contributed by atoms with Crippen LogP contribution in [-0.4, -0.2) is 30.2 Å². The van der Waals surface area contributed by atoms with Gasteiger partial charge in [0.25, 0.3) is 0 Å². The van der Waals surface area contributed by atoms with E-state index in [0.717, 1.165) is 5.56 Å². The summed E-state index contributed by atoms with van der Waals surface area (Å²) >= 11 is 0. The van der Waals surface area contributed by atoms with Crippen LogP contribution in [-0.2, 0) is 11.2 Å². The van der Waals surface area contributed by atoms with Gasteiger partial charge in [-0.15, -0.1) is 0 Å². The monoisotopic (exact) mass is 369 g/mol. The highest BCUT2D eigenvalue weighted by molar-refractivity contribution is 5.88. The Labute approximate surface area is 158 Å². The van der Waals surface area contributed by atoms with E-state index in [1.165, 1.54) is 12.1 Å². The van der Waals surface area contributed by atoms with Crippen molar-refractivity contribution in [2.24, 2.45) is 5.92 Å². The summed E-state index contributed by atoms with van der Waals surface area (Å²) in [7, 11) is 0. The number of carboxylic acid groups (broad SMARTS) is 1. The zero-order valence-corrected chi connectivity index (χ0v) is 15.4. The van der Waals surface area contributed by atoms with Crippen molar-refractivity contribution in [2.45, 2.75) is 26.3 Å². The van der Waals surface area contributed by atoms with Crippen LogP contribution in [0.4, 0.5) is 0 Å². The third-order valence-corrected chi connectivity index (χ3v) is 4.45. The summed E-state index contributed by atoms with van der Waals surface area (Å²) in [5.41, 5.74) is 1.78. The first kappa shape index (κ1) is 18.8. The molecule has 1 amide bonds. The third kappa shape index (κ3) is 4.58. The average Bonchev–Trinajstić information content (AvgIpc) is 2.65. The molecule has 0 spiro atoms. The molecule has 2 N–H and O–H groups in total. The van der Waals surface area contributed by atoms with Crippen molar-refractivity contribution in [1.29, 1.82) is 0 Å². The van der Waals surface area contributed by atoms with Gasteiger partial charge in [-0.1, -0.05) is 32.0 Å². The lowest BCUT2D eigenvalue weighted by Gasteiger charge is -2.25. The minimum atomic E-state index is -1.01. The van der Waals surface area contributed by atoms with E-state index in [1.807, 2.05) is 32.0 Å². The lowest BCUT2D eigenvalue weighted by molar-refractivity contribution is -0.121. The Kier molecular flexibility index (Phi) is 5.64. The highest BCUT2D eigenvalue weighted by Crippen LogP contribution is 2.34. The third-order valence-electron chi connectivity index (χ3n) is 4.45. The van der Waals surface area contributed by atoms with E-state index in [2.05, 4.69) is 5.32 Å². The summed E-state index contributed by atoms with van der Waals surface area (Å²) in [6.07, 6.45) is 0.120. The number of ether oxygens (including phenoxy) is 2. The van der Waals surface area contributed by atoms with Crippen molar-refractivity contribution in [3.05, 3.63) is 59.2 Å². The van der Waals surface area contributed by atoms with Gasteiger partial charge >= 0.3 is 5.97 Å². The number of nitrogens with one attached hydrogen (secondary N) is 1. The van der Waals surface area contributed by atoms with E-state index in [0.29, 0.717) is 30.3 Å². The lowest BCUT2D eigenvalue weighted by atomic mass is 9.95. The van der Waals surface area contributed by atoms with Crippen LogP contribution in [0.1, 0.15) is 41.4 Å². The normalized spacial score (nSPS) is 13.9. The Morgan fingerprint density at radius 1 is 1.07 bits per heavy atom. The number of rotatable bonds is 6. The fourth-order valence-electron chi connectivity index (χ4n) is 3.11. The van der Waals surface area contributed by atoms with E-state index in [-0.39, 0.29) is 29.9 Å². The van der Waals surface area contributed by atoms with Crippen molar-refractivity contribution in [1.82, 2.24) is 5.32 Å². The van der Waals surface area contributed by atoms with Gasteiger partial charge in [-0.3, -0.25) is 4.79 Å². The van der Waals surface area contributed by atoms with Crippen LogP contribution >= 0.6 is 0 Å². The molecule has 0 aromatic heterocycles. The van der Waals surface area contributed by atoms with Crippen LogP contribution in [0.3, 0.4) is 0 Å². The molecule has 1 aliphatic rings. The maximum Gasteiger partial charge on any atom is 0.335 e. The molecule has 0 aliphatic carbocycles. The molecule has 1 atom stereocenters. The molecule has 1 unspecified atom stereocenters. The Bertz CT molecular complexity index is 846. The average molecular weight is 369 g/mol. The Balaban J connectivity index is 1.73. The first-order valence-corrected chi connectivity index (χ1v) is 8.95. The second kappa shape index (κ2) is 8.12. The molecule has 142 valence electrons. The van der Waals surface area contributed by atoms with Crippen LogP contribution < -0.4 is 14.8 Å². The summed E-state index contributed by atoms with van der Waals surface area (Å²) in [4.78, 5) is 23.6. The lowest BCUT2D eigenvalue weighted by Crippen LogP contribution is -2.33. The second-order valence-electron chi connectivity index (χ2n) is 6.87. The zero-order valence-electron chi connectivity index (χ0n) is 15.4. The molecule has 27 heavy (non-hydrogen) atoms.